The molecule has 0 unspecified atom stereocenters. The SMILES string of the molecule is Cc1ccc(C(=O)N2CCC3(CC2)NC(=O)N(Cc2cccc(Cl)c2)C3=O)cc1. The first-order valence-corrected chi connectivity index (χ1v) is 10.0. The minimum atomic E-state index is -0.931. The van der Waals surface area contributed by atoms with Gasteiger partial charge in [-0.15, -0.1) is 0 Å². The van der Waals surface area contributed by atoms with Crippen LogP contribution in [0.1, 0.15) is 34.3 Å². The van der Waals surface area contributed by atoms with Gasteiger partial charge in [0.1, 0.15) is 5.54 Å². The molecule has 2 heterocycles. The van der Waals surface area contributed by atoms with E-state index in [0.29, 0.717) is 36.5 Å². The van der Waals surface area contributed by atoms with E-state index < -0.39 is 11.6 Å². The van der Waals surface area contributed by atoms with E-state index in [-0.39, 0.29) is 18.4 Å². The van der Waals surface area contributed by atoms with Crippen LogP contribution >= 0.6 is 11.6 Å². The summed E-state index contributed by atoms with van der Waals surface area (Å²) < 4.78 is 0. The van der Waals surface area contributed by atoms with E-state index in [0.717, 1.165) is 11.1 Å². The maximum atomic E-state index is 13.1. The predicted molar refractivity (Wildman–Crippen MR) is 110 cm³/mol. The van der Waals surface area contributed by atoms with Crippen molar-refractivity contribution in [2.24, 2.45) is 0 Å². The van der Waals surface area contributed by atoms with E-state index in [1.54, 1.807) is 23.1 Å². The van der Waals surface area contributed by atoms with Crippen molar-refractivity contribution in [2.75, 3.05) is 13.1 Å². The lowest BCUT2D eigenvalue weighted by Gasteiger charge is -2.37. The summed E-state index contributed by atoms with van der Waals surface area (Å²) in [6, 6.07) is 14.2. The minimum Gasteiger partial charge on any atom is -0.338 e. The number of amides is 4. The van der Waals surface area contributed by atoms with Crippen LogP contribution < -0.4 is 5.32 Å². The van der Waals surface area contributed by atoms with Gasteiger partial charge in [-0.3, -0.25) is 14.5 Å². The van der Waals surface area contributed by atoms with Crippen molar-refractivity contribution in [3.8, 4) is 0 Å². The smallest absolute Gasteiger partial charge is 0.325 e. The Balaban J connectivity index is 1.44. The van der Waals surface area contributed by atoms with E-state index in [2.05, 4.69) is 5.32 Å². The van der Waals surface area contributed by atoms with E-state index >= 15 is 0 Å². The topological polar surface area (TPSA) is 69.7 Å². The Morgan fingerprint density at radius 2 is 1.79 bits per heavy atom. The molecule has 2 aromatic carbocycles. The summed E-state index contributed by atoms with van der Waals surface area (Å²) >= 11 is 6.01. The van der Waals surface area contributed by atoms with Gasteiger partial charge in [-0.2, -0.15) is 0 Å². The fraction of sp³-hybridized carbons (Fsp3) is 0.318. The summed E-state index contributed by atoms with van der Waals surface area (Å²) in [4.78, 5) is 41.3. The van der Waals surface area contributed by atoms with Crippen molar-refractivity contribution in [3.05, 3.63) is 70.2 Å². The third kappa shape index (κ3) is 3.72. The fourth-order valence-electron chi connectivity index (χ4n) is 3.95. The lowest BCUT2D eigenvalue weighted by Crippen LogP contribution is -2.55. The van der Waals surface area contributed by atoms with Crippen molar-refractivity contribution >= 4 is 29.4 Å². The van der Waals surface area contributed by atoms with Gasteiger partial charge in [0.2, 0.25) is 0 Å². The minimum absolute atomic E-state index is 0.0487. The van der Waals surface area contributed by atoms with E-state index in [1.807, 2.05) is 37.3 Å². The van der Waals surface area contributed by atoms with Gasteiger partial charge in [0.05, 0.1) is 6.54 Å². The number of piperidine rings is 1. The molecule has 4 amide bonds. The molecule has 29 heavy (non-hydrogen) atoms. The fourth-order valence-corrected chi connectivity index (χ4v) is 4.16. The first-order chi connectivity index (χ1) is 13.9. The number of nitrogens with zero attached hydrogens (tertiary/aromatic N) is 2. The molecule has 0 radical (unpaired) electrons. The van der Waals surface area contributed by atoms with Crippen molar-refractivity contribution in [3.63, 3.8) is 0 Å². The molecule has 7 heteroatoms. The van der Waals surface area contributed by atoms with Crippen molar-refractivity contribution in [1.82, 2.24) is 15.1 Å². The molecule has 2 aromatic rings. The summed E-state index contributed by atoms with van der Waals surface area (Å²) in [5.74, 6) is -0.280. The van der Waals surface area contributed by atoms with Gasteiger partial charge >= 0.3 is 6.03 Å². The maximum Gasteiger partial charge on any atom is 0.325 e. The Morgan fingerprint density at radius 1 is 1.10 bits per heavy atom. The van der Waals surface area contributed by atoms with Gasteiger partial charge < -0.3 is 10.2 Å². The molecule has 2 aliphatic rings. The van der Waals surface area contributed by atoms with Crippen LogP contribution in [0.5, 0.6) is 0 Å². The molecule has 2 aliphatic heterocycles. The van der Waals surface area contributed by atoms with Crippen LogP contribution in [-0.4, -0.2) is 46.3 Å². The quantitative estimate of drug-likeness (QED) is 0.787. The van der Waals surface area contributed by atoms with Crippen LogP contribution in [0.3, 0.4) is 0 Å². The molecule has 150 valence electrons. The first-order valence-electron chi connectivity index (χ1n) is 9.62. The summed E-state index contributed by atoms with van der Waals surface area (Å²) in [5.41, 5.74) is 1.60. The molecule has 2 fully saturated rings. The number of nitrogens with one attached hydrogen (secondary N) is 1. The standard InChI is InChI=1S/C22H22ClN3O3/c1-15-5-7-17(8-6-15)19(27)25-11-9-22(10-12-25)20(28)26(21(29)24-22)14-16-3-2-4-18(23)13-16/h2-8,13H,9-12,14H2,1H3,(H,24,29). The Morgan fingerprint density at radius 3 is 2.45 bits per heavy atom. The van der Waals surface area contributed by atoms with Crippen LogP contribution in [0.2, 0.25) is 5.02 Å². The Labute approximate surface area is 174 Å². The number of rotatable bonds is 3. The van der Waals surface area contributed by atoms with Crippen molar-refractivity contribution < 1.29 is 14.4 Å². The average molecular weight is 412 g/mol. The first kappa shape index (κ1) is 19.5. The van der Waals surface area contributed by atoms with Crippen molar-refractivity contribution in [1.29, 1.82) is 0 Å². The normalized spacial score (nSPS) is 18.3. The summed E-state index contributed by atoms with van der Waals surface area (Å²) in [7, 11) is 0. The van der Waals surface area contributed by atoms with Gasteiger partial charge in [0, 0.05) is 23.7 Å². The average Bonchev–Trinajstić information content (AvgIpc) is 2.93. The Bertz CT molecular complexity index is 966. The number of carbonyl (C=O) groups excluding carboxylic acids is 3. The number of urea groups is 1. The third-order valence-corrected chi connectivity index (χ3v) is 5.91. The molecule has 0 aliphatic carbocycles. The highest BCUT2D eigenvalue weighted by molar-refractivity contribution is 6.30. The summed E-state index contributed by atoms with van der Waals surface area (Å²) in [5, 5.41) is 3.44. The number of aryl methyl sites for hydroxylation is 1. The number of likely N-dealkylation sites (tertiary alicyclic amines) is 1. The third-order valence-electron chi connectivity index (χ3n) is 5.68. The van der Waals surface area contributed by atoms with E-state index in [1.165, 1.54) is 4.90 Å². The highest BCUT2D eigenvalue weighted by Gasteiger charge is 2.52. The van der Waals surface area contributed by atoms with Crippen LogP contribution in [0, 0.1) is 6.92 Å². The molecule has 6 nitrogen and oxygen atoms in total. The molecular weight excluding hydrogens is 390 g/mol. The second kappa shape index (κ2) is 7.52. The van der Waals surface area contributed by atoms with Gasteiger partial charge in [-0.05, 0) is 49.6 Å². The van der Waals surface area contributed by atoms with Gasteiger partial charge in [0.15, 0.2) is 0 Å². The van der Waals surface area contributed by atoms with Crippen LogP contribution in [0.25, 0.3) is 0 Å². The molecular formula is C22H22ClN3O3. The monoisotopic (exact) mass is 411 g/mol. The zero-order valence-corrected chi connectivity index (χ0v) is 16.9. The lowest BCUT2D eigenvalue weighted by molar-refractivity contribution is -0.133. The van der Waals surface area contributed by atoms with Crippen LogP contribution in [0.15, 0.2) is 48.5 Å². The van der Waals surface area contributed by atoms with Gasteiger partial charge in [0.25, 0.3) is 11.8 Å². The zero-order chi connectivity index (χ0) is 20.6. The Kier molecular flexibility index (Phi) is 5.04. The molecule has 0 atom stereocenters. The highest BCUT2D eigenvalue weighted by Crippen LogP contribution is 2.31. The highest BCUT2D eigenvalue weighted by atomic mass is 35.5. The van der Waals surface area contributed by atoms with Gasteiger partial charge in [-0.25, -0.2) is 4.79 Å². The summed E-state index contributed by atoms with van der Waals surface area (Å²) in [6.07, 6.45) is 0.808. The zero-order valence-electron chi connectivity index (χ0n) is 16.2. The lowest BCUT2D eigenvalue weighted by atomic mass is 9.87. The van der Waals surface area contributed by atoms with Crippen molar-refractivity contribution in [2.45, 2.75) is 31.8 Å². The number of hydrogen-bond acceptors (Lipinski definition) is 3. The molecule has 0 aromatic heterocycles. The second-order valence-electron chi connectivity index (χ2n) is 7.69. The number of benzene rings is 2. The second-order valence-corrected chi connectivity index (χ2v) is 8.13. The van der Waals surface area contributed by atoms with Gasteiger partial charge in [-0.1, -0.05) is 41.4 Å². The summed E-state index contributed by atoms with van der Waals surface area (Å²) in [6.45, 7) is 2.99. The number of halogens is 1. The van der Waals surface area contributed by atoms with Crippen LogP contribution in [-0.2, 0) is 11.3 Å². The van der Waals surface area contributed by atoms with E-state index in [9.17, 15) is 14.4 Å². The Hall–Kier alpha value is -2.86. The maximum absolute atomic E-state index is 13.1. The largest absolute Gasteiger partial charge is 0.338 e. The van der Waals surface area contributed by atoms with E-state index in [4.69, 9.17) is 11.6 Å². The van der Waals surface area contributed by atoms with Crippen LogP contribution in [0.4, 0.5) is 4.79 Å². The molecule has 1 spiro atoms. The molecule has 2 saturated heterocycles. The number of hydrogen-bond donors (Lipinski definition) is 1. The predicted octanol–water partition coefficient (Wildman–Crippen LogP) is 3.38. The molecule has 0 bridgehead atoms. The molecule has 1 N–H and O–H groups in total. The number of imide groups is 1. The molecule has 0 saturated carbocycles. The molecule has 4 rings (SSSR count). The number of carbonyl (C=O) groups is 3.